The van der Waals surface area contributed by atoms with Gasteiger partial charge in [-0.3, -0.25) is 4.57 Å². The lowest BCUT2D eigenvalue weighted by molar-refractivity contribution is 0.129. The van der Waals surface area contributed by atoms with E-state index in [0.717, 1.165) is 41.7 Å². The Bertz CT molecular complexity index is 863. The molecule has 2 aromatic carbocycles. The summed E-state index contributed by atoms with van der Waals surface area (Å²) in [5, 5.41) is 10.5. The van der Waals surface area contributed by atoms with E-state index in [1.807, 2.05) is 42.5 Å². The van der Waals surface area contributed by atoms with Gasteiger partial charge in [0.05, 0.1) is 17.7 Å². The van der Waals surface area contributed by atoms with Crippen LogP contribution in [-0.4, -0.2) is 33.2 Å². The van der Waals surface area contributed by atoms with Crippen LogP contribution in [0.5, 0.6) is 0 Å². The number of nitrogens with zero attached hydrogens (tertiary/aromatic N) is 3. The van der Waals surface area contributed by atoms with Gasteiger partial charge in [0, 0.05) is 17.9 Å². The average molecular weight is 386 g/mol. The molecule has 134 valence electrons. The van der Waals surface area contributed by atoms with Crippen molar-refractivity contribution in [3.63, 3.8) is 0 Å². The third-order valence-corrected chi connectivity index (χ3v) is 5.87. The fraction of sp³-hybridized carbons (Fsp3) is 0.300. The van der Waals surface area contributed by atoms with E-state index >= 15 is 0 Å². The summed E-state index contributed by atoms with van der Waals surface area (Å²) in [6.45, 7) is 1.58. The minimum atomic E-state index is 0.311. The Morgan fingerprint density at radius 2 is 1.88 bits per heavy atom. The van der Waals surface area contributed by atoms with Gasteiger partial charge in [-0.1, -0.05) is 65.8 Å². The number of halogens is 1. The van der Waals surface area contributed by atoms with Gasteiger partial charge in [-0.05, 0) is 30.5 Å². The molecule has 0 amide bonds. The molecule has 3 aromatic rings. The molecule has 0 unspecified atom stereocenters. The fourth-order valence-corrected chi connectivity index (χ4v) is 4.31. The molecule has 0 radical (unpaired) electrons. The molecule has 0 N–H and O–H groups in total. The first kappa shape index (κ1) is 17.6. The third kappa shape index (κ3) is 3.95. The van der Waals surface area contributed by atoms with Crippen LogP contribution >= 0.6 is 23.4 Å². The lowest BCUT2D eigenvalue weighted by Crippen LogP contribution is -2.10. The molecule has 1 aliphatic rings. The van der Waals surface area contributed by atoms with Gasteiger partial charge >= 0.3 is 0 Å². The number of ether oxygens (including phenoxy) is 1. The summed E-state index contributed by atoms with van der Waals surface area (Å²) in [6.07, 6.45) is 2.58. The first-order chi connectivity index (χ1) is 12.8. The molecule has 1 atom stereocenters. The quantitative estimate of drug-likeness (QED) is 0.565. The summed E-state index contributed by atoms with van der Waals surface area (Å²) in [6, 6.07) is 18.1. The van der Waals surface area contributed by atoms with E-state index in [2.05, 4.69) is 26.9 Å². The molecule has 0 saturated carbocycles. The first-order valence-electron chi connectivity index (χ1n) is 8.77. The van der Waals surface area contributed by atoms with Crippen molar-refractivity contribution in [3.8, 4) is 11.4 Å². The van der Waals surface area contributed by atoms with Crippen molar-refractivity contribution in [2.45, 2.75) is 30.6 Å². The monoisotopic (exact) mass is 385 g/mol. The van der Waals surface area contributed by atoms with E-state index < -0.39 is 0 Å². The van der Waals surface area contributed by atoms with Gasteiger partial charge in [-0.15, -0.1) is 10.2 Å². The Kier molecular flexibility index (Phi) is 5.58. The van der Waals surface area contributed by atoms with E-state index in [0.29, 0.717) is 17.7 Å². The van der Waals surface area contributed by atoms with E-state index in [-0.39, 0.29) is 0 Å². The maximum absolute atomic E-state index is 6.42. The van der Waals surface area contributed by atoms with Crippen molar-refractivity contribution >= 4 is 23.4 Å². The number of hydrogen-bond donors (Lipinski definition) is 0. The molecule has 1 fully saturated rings. The Hall–Kier alpha value is -1.82. The molecule has 4 nitrogen and oxygen atoms in total. The third-order valence-electron chi connectivity index (χ3n) is 4.44. The minimum Gasteiger partial charge on any atom is -0.377 e. The molecule has 1 aromatic heterocycles. The van der Waals surface area contributed by atoms with Crippen LogP contribution < -0.4 is 0 Å². The molecule has 0 spiro atoms. The number of aromatic nitrogens is 3. The van der Waals surface area contributed by atoms with Gasteiger partial charge in [-0.2, -0.15) is 0 Å². The van der Waals surface area contributed by atoms with Crippen molar-refractivity contribution in [2.75, 3.05) is 12.4 Å². The van der Waals surface area contributed by atoms with Gasteiger partial charge in [0.2, 0.25) is 0 Å². The van der Waals surface area contributed by atoms with Crippen LogP contribution in [0.15, 0.2) is 59.8 Å². The summed E-state index contributed by atoms with van der Waals surface area (Å²) in [4.78, 5) is 0. The Balaban J connectivity index is 1.66. The van der Waals surface area contributed by atoms with Crippen LogP contribution in [0.2, 0.25) is 5.02 Å². The van der Waals surface area contributed by atoms with Gasteiger partial charge in [0.15, 0.2) is 11.0 Å². The molecule has 1 saturated heterocycles. The summed E-state index contributed by atoms with van der Waals surface area (Å²) < 4.78 is 7.89. The topological polar surface area (TPSA) is 39.9 Å². The highest BCUT2D eigenvalue weighted by molar-refractivity contribution is 7.99. The average Bonchev–Trinajstić information content (AvgIpc) is 3.32. The van der Waals surface area contributed by atoms with E-state index in [1.165, 1.54) is 5.56 Å². The van der Waals surface area contributed by atoms with Crippen LogP contribution in [0.25, 0.3) is 11.4 Å². The summed E-state index contributed by atoms with van der Waals surface area (Å²) in [5.41, 5.74) is 2.11. The molecular formula is C20H20ClN3OS. The van der Waals surface area contributed by atoms with Crippen molar-refractivity contribution in [1.82, 2.24) is 14.8 Å². The standard InChI is InChI=1S/C20H20ClN3OS/c21-18-11-5-4-10-17(18)19-22-23-20(26-14-16-9-6-12-25-16)24(19)13-15-7-2-1-3-8-15/h1-5,7-8,10-11,16H,6,9,12-14H2/t16-/m1/s1. The maximum atomic E-state index is 6.42. The van der Waals surface area contributed by atoms with Crippen molar-refractivity contribution < 1.29 is 4.74 Å². The zero-order valence-corrected chi connectivity index (χ0v) is 15.9. The van der Waals surface area contributed by atoms with Crippen LogP contribution in [0.4, 0.5) is 0 Å². The van der Waals surface area contributed by atoms with Crippen LogP contribution in [0.1, 0.15) is 18.4 Å². The van der Waals surface area contributed by atoms with Crippen molar-refractivity contribution in [1.29, 1.82) is 0 Å². The van der Waals surface area contributed by atoms with E-state index in [1.54, 1.807) is 11.8 Å². The molecule has 26 heavy (non-hydrogen) atoms. The second-order valence-electron chi connectivity index (χ2n) is 6.30. The zero-order valence-electron chi connectivity index (χ0n) is 14.3. The van der Waals surface area contributed by atoms with Gasteiger partial charge in [0.1, 0.15) is 0 Å². The lowest BCUT2D eigenvalue weighted by Gasteiger charge is -2.12. The molecule has 4 rings (SSSR count). The van der Waals surface area contributed by atoms with Crippen LogP contribution in [-0.2, 0) is 11.3 Å². The zero-order chi connectivity index (χ0) is 17.8. The normalized spacial score (nSPS) is 16.9. The van der Waals surface area contributed by atoms with Crippen LogP contribution in [0.3, 0.4) is 0 Å². The minimum absolute atomic E-state index is 0.311. The van der Waals surface area contributed by atoms with Crippen LogP contribution in [0, 0.1) is 0 Å². The highest BCUT2D eigenvalue weighted by atomic mass is 35.5. The second kappa shape index (κ2) is 8.25. The van der Waals surface area contributed by atoms with Crippen molar-refractivity contribution in [2.24, 2.45) is 0 Å². The van der Waals surface area contributed by atoms with Crippen molar-refractivity contribution in [3.05, 3.63) is 65.2 Å². The number of benzene rings is 2. The highest BCUT2D eigenvalue weighted by Gasteiger charge is 2.20. The number of rotatable bonds is 6. The van der Waals surface area contributed by atoms with Gasteiger partial charge in [-0.25, -0.2) is 0 Å². The molecule has 1 aliphatic heterocycles. The Morgan fingerprint density at radius 3 is 2.65 bits per heavy atom. The smallest absolute Gasteiger partial charge is 0.191 e. The van der Waals surface area contributed by atoms with Gasteiger partial charge in [0.25, 0.3) is 0 Å². The van der Waals surface area contributed by atoms with E-state index in [9.17, 15) is 0 Å². The molecular weight excluding hydrogens is 366 g/mol. The first-order valence-corrected chi connectivity index (χ1v) is 10.1. The largest absolute Gasteiger partial charge is 0.377 e. The molecule has 0 aliphatic carbocycles. The second-order valence-corrected chi connectivity index (χ2v) is 7.70. The number of hydrogen-bond acceptors (Lipinski definition) is 4. The van der Waals surface area contributed by atoms with Gasteiger partial charge < -0.3 is 4.74 Å². The SMILES string of the molecule is Clc1ccccc1-c1nnc(SC[C@H]2CCCO2)n1Cc1ccccc1. The Morgan fingerprint density at radius 1 is 1.08 bits per heavy atom. The lowest BCUT2D eigenvalue weighted by atomic mass is 10.2. The molecule has 2 heterocycles. The summed E-state index contributed by atoms with van der Waals surface area (Å²) >= 11 is 8.12. The molecule has 6 heteroatoms. The summed E-state index contributed by atoms with van der Waals surface area (Å²) in [5.74, 6) is 1.70. The Labute approximate surface area is 162 Å². The maximum Gasteiger partial charge on any atom is 0.191 e. The predicted molar refractivity (Wildman–Crippen MR) is 106 cm³/mol. The summed E-state index contributed by atoms with van der Waals surface area (Å²) in [7, 11) is 0. The number of thioether (sulfide) groups is 1. The predicted octanol–water partition coefficient (Wildman–Crippen LogP) is 4.92. The van der Waals surface area contributed by atoms with E-state index in [4.69, 9.17) is 16.3 Å². The fourth-order valence-electron chi connectivity index (χ4n) is 3.09. The highest BCUT2D eigenvalue weighted by Crippen LogP contribution is 2.31. The molecule has 0 bridgehead atoms.